The molecule has 0 amide bonds. The number of para-hydroxylation sites is 1. The van der Waals surface area contributed by atoms with E-state index in [4.69, 9.17) is 0 Å². The molecular weight excluding hydrogens is 366 g/mol. The molecule has 4 rings (SSSR count). The summed E-state index contributed by atoms with van der Waals surface area (Å²) < 4.78 is 0. The minimum atomic E-state index is -0.361. The molecule has 0 unspecified atom stereocenters. The number of hydrogen-bond donors (Lipinski definition) is 0. The molecule has 1 aliphatic heterocycles. The van der Waals surface area contributed by atoms with E-state index in [0.29, 0.717) is 24.7 Å². The number of aryl methyl sites for hydroxylation is 2. The highest BCUT2D eigenvalue weighted by molar-refractivity contribution is 5.80. The minimum absolute atomic E-state index is 0.0624. The Morgan fingerprint density at radius 2 is 2.00 bits per heavy atom. The fourth-order valence-corrected chi connectivity index (χ4v) is 3.92. The van der Waals surface area contributed by atoms with Crippen LogP contribution in [0.15, 0.2) is 54.9 Å². The van der Waals surface area contributed by atoms with Gasteiger partial charge < -0.3 is 9.80 Å². The molecule has 0 atom stereocenters. The van der Waals surface area contributed by atoms with Crippen LogP contribution in [-0.2, 0) is 6.42 Å². The van der Waals surface area contributed by atoms with Crippen LogP contribution in [0.5, 0.6) is 0 Å². The van der Waals surface area contributed by atoms with Gasteiger partial charge in [0.15, 0.2) is 0 Å². The van der Waals surface area contributed by atoms with Gasteiger partial charge in [0.2, 0.25) is 11.6 Å². The van der Waals surface area contributed by atoms with Gasteiger partial charge in [-0.2, -0.15) is 0 Å². The Labute approximate surface area is 169 Å². The van der Waals surface area contributed by atoms with Crippen molar-refractivity contribution in [3.05, 3.63) is 76.1 Å². The van der Waals surface area contributed by atoms with Crippen LogP contribution in [-0.4, -0.2) is 28.0 Å². The highest BCUT2D eigenvalue weighted by Gasteiger charge is 2.32. The smallest absolute Gasteiger partial charge is 0.321 e. The molecule has 148 valence electrons. The monoisotopic (exact) mass is 389 g/mol. The number of rotatable bonds is 5. The van der Waals surface area contributed by atoms with Crippen LogP contribution in [0.3, 0.4) is 0 Å². The van der Waals surface area contributed by atoms with Crippen LogP contribution in [0, 0.1) is 17.0 Å². The van der Waals surface area contributed by atoms with E-state index in [2.05, 4.69) is 16.0 Å². The quantitative estimate of drug-likeness (QED) is 0.455. The zero-order chi connectivity index (χ0) is 20.4. The molecule has 0 bridgehead atoms. The summed E-state index contributed by atoms with van der Waals surface area (Å²) in [7, 11) is 0. The Bertz CT molecular complexity index is 1050. The van der Waals surface area contributed by atoms with Gasteiger partial charge in [-0.05, 0) is 56.0 Å². The highest BCUT2D eigenvalue weighted by atomic mass is 16.6. The molecule has 29 heavy (non-hydrogen) atoms. The Morgan fingerprint density at radius 3 is 2.76 bits per heavy atom. The molecule has 0 saturated carbocycles. The van der Waals surface area contributed by atoms with E-state index in [9.17, 15) is 10.1 Å². The van der Waals surface area contributed by atoms with Gasteiger partial charge in [-0.3, -0.25) is 10.1 Å². The first-order valence-corrected chi connectivity index (χ1v) is 9.79. The van der Waals surface area contributed by atoms with Gasteiger partial charge in [0.25, 0.3) is 0 Å². The van der Waals surface area contributed by atoms with Crippen molar-refractivity contribution in [2.75, 3.05) is 22.9 Å². The van der Waals surface area contributed by atoms with E-state index in [-0.39, 0.29) is 10.6 Å². The van der Waals surface area contributed by atoms with E-state index in [0.717, 1.165) is 29.8 Å². The third kappa shape index (κ3) is 3.51. The van der Waals surface area contributed by atoms with Crippen molar-refractivity contribution in [1.82, 2.24) is 9.97 Å². The average Bonchev–Trinajstić information content (AvgIpc) is 2.73. The van der Waals surface area contributed by atoms with E-state index >= 15 is 0 Å². The predicted octanol–water partition coefficient (Wildman–Crippen LogP) is 4.94. The van der Waals surface area contributed by atoms with E-state index in [1.54, 1.807) is 0 Å². The Kier molecular flexibility index (Phi) is 5.12. The first-order valence-electron chi connectivity index (χ1n) is 9.79. The van der Waals surface area contributed by atoms with Gasteiger partial charge in [-0.25, -0.2) is 9.97 Å². The second kappa shape index (κ2) is 7.87. The van der Waals surface area contributed by atoms with Crippen LogP contribution >= 0.6 is 0 Å². The molecule has 2 heterocycles. The van der Waals surface area contributed by atoms with Crippen molar-refractivity contribution < 1.29 is 4.92 Å². The molecule has 0 saturated heterocycles. The van der Waals surface area contributed by atoms with Gasteiger partial charge in [0.1, 0.15) is 6.33 Å². The number of hydrogen-bond acceptors (Lipinski definition) is 6. The van der Waals surface area contributed by atoms with Crippen LogP contribution in [0.2, 0.25) is 0 Å². The van der Waals surface area contributed by atoms with E-state index in [1.807, 2.05) is 66.1 Å². The second-order valence-electron chi connectivity index (χ2n) is 7.09. The minimum Gasteiger partial charge on any atom is -0.321 e. The van der Waals surface area contributed by atoms with Crippen LogP contribution in [0.1, 0.15) is 24.5 Å². The van der Waals surface area contributed by atoms with Crippen molar-refractivity contribution in [3.8, 4) is 0 Å². The second-order valence-corrected chi connectivity index (χ2v) is 7.09. The SMILES string of the molecule is CCN(c1cccc(C)c1)c1ncnc(N2CCCc3ccccc32)c1[N+](=O)[O-]. The van der Waals surface area contributed by atoms with Crippen molar-refractivity contribution in [1.29, 1.82) is 0 Å². The van der Waals surface area contributed by atoms with Gasteiger partial charge >= 0.3 is 5.69 Å². The van der Waals surface area contributed by atoms with Gasteiger partial charge in [-0.1, -0.05) is 30.3 Å². The summed E-state index contributed by atoms with van der Waals surface area (Å²) in [4.78, 5) is 24.3. The molecular formula is C22H23N5O2. The fraction of sp³-hybridized carbons (Fsp3) is 0.273. The summed E-state index contributed by atoms with van der Waals surface area (Å²) >= 11 is 0. The number of benzene rings is 2. The number of nitro groups is 1. The maximum absolute atomic E-state index is 12.2. The molecule has 0 spiro atoms. The lowest BCUT2D eigenvalue weighted by molar-refractivity contribution is -0.383. The number of anilines is 4. The summed E-state index contributed by atoms with van der Waals surface area (Å²) in [6, 6.07) is 15.9. The summed E-state index contributed by atoms with van der Waals surface area (Å²) in [5.74, 6) is 0.661. The molecule has 7 nitrogen and oxygen atoms in total. The molecule has 1 aliphatic rings. The highest BCUT2D eigenvalue weighted by Crippen LogP contribution is 2.42. The summed E-state index contributed by atoms with van der Waals surface area (Å²) in [5.41, 5.74) is 4.05. The van der Waals surface area contributed by atoms with Crippen LogP contribution in [0.4, 0.5) is 28.7 Å². The normalized spacial score (nSPS) is 13.1. The number of nitrogens with zero attached hydrogens (tertiary/aromatic N) is 5. The number of aromatic nitrogens is 2. The fourth-order valence-electron chi connectivity index (χ4n) is 3.92. The predicted molar refractivity (Wildman–Crippen MR) is 114 cm³/mol. The summed E-state index contributed by atoms with van der Waals surface area (Å²) in [5, 5.41) is 12.2. The Morgan fingerprint density at radius 1 is 1.17 bits per heavy atom. The molecule has 2 aromatic carbocycles. The standard InChI is InChI=1S/C22H23N5O2/c1-3-25(18-11-6-8-16(2)14-18)21-20(27(28)29)22(24-15-23-21)26-13-7-10-17-9-4-5-12-19(17)26/h4-6,8-9,11-12,14-15H,3,7,10,13H2,1-2H3. The average molecular weight is 389 g/mol. The molecule has 0 radical (unpaired) electrons. The Balaban J connectivity index is 1.87. The summed E-state index contributed by atoms with van der Waals surface area (Å²) in [6.07, 6.45) is 3.30. The van der Waals surface area contributed by atoms with Crippen molar-refractivity contribution in [2.24, 2.45) is 0 Å². The van der Waals surface area contributed by atoms with E-state index in [1.165, 1.54) is 11.9 Å². The Hall–Kier alpha value is -3.48. The van der Waals surface area contributed by atoms with Crippen LogP contribution in [0.25, 0.3) is 0 Å². The molecule has 0 N–H and O–H groups in total. The molecule has 0 fully saturated rings. The first kappa shape index (κ1) is 18.9. The van der Waals surface area contributed by atoms with Crippen molar-refractivity contribution in [3.63, 3.8) is 0 Å². The van der Waals surface area contributed by atoms with Crippen molar-refractivity contribution in [2.45, 2.75) is 26.7 Å². The molecule has 7 heteroatoms. The first-order chi connectivity index (χ1) is 14.1. The van der Waals surface area contributed by atoms with E-state index < -0.39 is 0 Å². The lowest BCUT2D eigenvalue weighted by atomic mass is 10.0. The third-order valence-electron chi connectivity index (χ3n) is 5.22. The summed E-state index contributed by atoms with van der Waals surface area (Å²) in [6.45, 7) is 5.20. The third-order valence-corrected chi connectivity index (χ3v) is 5.22. The maximum Gasteiger partial charge on any atom is 0.354 e. The van der Waals surface area contributed by atoms with Gasteiger partial charge in [0.05, 0.1) is 4.92 Å². The van der Waals surface area contributed by atoms with Crippen LogP contribution < -0.4 is 9.80 Å². The lowest BCUT2D eigenvalue weighted by Gasteiger charge is -2.31. The molecule has 1 aromatic heterocycles. The largest absolute Gasteiger partial charge is 0.354 e. The molecule has 0 aliphatic carbocycles. The van der Waals surface area contributed by atoms with Crippen molar-refractivity contribution >= 4 is 28.7 Å². The number of fused-ring (bicyclic) bond motifs is 1. The topological polar surface area (TPSA) is 75.4 Å². The zero-order valence-corrected chi connectivity index (χ0v) is 16.6. The maximum atomic E-state index is 12.2. The van der Waals surface area contributed by atoms with Gasteiger partial charge in [0, 0.05) is 24.5 Å². The molecule has 3 aromatic rings. The van der Waals surface area contributed by atoms with Gasteiger partial charge in [-0.15, -0.1) is 0 Å². The lowest BCUT2D eigenvalue weighted by Crippen LogP contribution is -2.27. The zero-order valence-electron chi connectivity index (χ0n) is 16.6.